The fraction of sp³-hybridized carbons (Fsp3) is 0.421. The Morgan fingerprint density at radius 3 is 2.58 bits per heavy atom. The monoisotopic (exact) mass is 375 g/mol. The number of carboxylic acid groups (broad SMARTS) is 1. The first kappa shape index (κ1) is 20.1. The molecular weight excluding hydrogens is 350 g/mol. The Hall–Kier alpha value is -2.25. The molecule has 0 aliphatic carbocycles. The number of carbonyl (C=O) groups is 2. The summed E-state index contributed by atoms with van der Waals surface area (Å²) in [6, 6.07) is 7.58. The lowest BCUT2D eigenvalue weighted by atomic mass is 10.0. The van der Waals surface area contributed by atoms with Crippen molar-refractivity contribution in [2.45, 2.75) is 45.1 Å². The van der Waals surface area contributed by atoms with E-state index in [0.717, 1.165) is 34.5 Å². The molecule has 7 heteroatoms. The molecule has 1 aromatic heterocycles. The van der Waals surface area contributed by atoms with Crippen LogP contribution in [0.25, 0.3) is 10.4 Å². The molecule has 0 bridgehead atoms. The number of aliphatic carboxylic acids is 1. The minimum atomic E-state index is -0.781. The Balaban J connectivity index is 1.75. The summed E-state index contributed by atoms with van der Waals surface area (Å²) in [7, 11) is 0. The molecule has 4 N–H and O–H groups in total. The van der Waals surface area contributed by atoms with E-state index in [1.165, 1.54) is 0 Å². The lowest BCUT2D eigenvalue weighted by molar-refractivity contribution is -0.137. The third-order valence-electron chi connectivity index (χ3n) is 4.14. The van der Waals surface area contributed by atoms with Gasteiger partial charge in [0.2, 0.25) is 5.91 Å². The standard InChI is InChI=1S/C19H25N3O3S/c1-13-19(26-12-22-13)15-8-6-14(7-9-15)16(20)11-17(23)21-10-4-2-3-5-18(24)25/h6-9,12,16H,2-5,10-11,20H2,1H3,(H,21,23)(H,24,25)/t16-/m0/s1. The molecule has 0 aliphatic rings. The van der Waals surface area contributed by atoms with E-state index in [4.69, 9.17) is 10.8 Å². The lowest BCUT2D eigenvalue weighted by Gasteiger charge is -2.13. The average molecular weight is 375 g/mol. The first-order valence-electron chi connectivity index (χ1n) is 8.72. The van der Waals surface area contributed by atoms with Gasteiger partial charge in [-0.1, -0.05) is 30.7 Å². The number of aromatic nitrogens is 1. The topological polar surface area (TPSA) is 105 Å². The van der Waals surface area contributed by atoms with Crippen LogP contribution >= 0.6 is 11.3 Å². The van der Waals surface area contributed by atoms with Gasteiger partial charge in [0.1, 0.15) is 0 Å². The third-order valence-corrected chi connectivity index (χ3v) is 5.12. The lowest BCUT2D eigenvalue weighted by Crippen LogP contribution is -2.28. The summed E-state index contributed by atoms with van der Waals surface area (Å²) >= 11 is 1.60. The predicted molar refractivity (Wildman–Crippen MR) is 103 cm³/mol. The van der Waals surface area contributed by atoms with E-state index in [1.807, 2.05) is 36.7 Å². The van der Waals surface area contributed by atoms with Gasteiger partial charge in [0, 0.05) is 25.4 Å². The molecule has 2 rings (SSSR count). The van der Waals surface area contributed by atoms with Crippen molar-refractivity contribution in [1.82, 2.24) is 10.3 Å². The maximum Gasteiger partial charge on any atom is 0.303 e. The van der Waals surface area contributed by atoms with Gasteiger partial charge in [-0.15, -0.1) is 11.3 Å². The Kier molecular flexibility index (Phi) is 7.74. The fourth-order valence-corrected chi connectivity index (χ4v) is 3.47. The predicted octanol–water partition coefficient (Wildman–Crippen LogP) is 3.27. The first-order valence-corrected chi connectivity index (χ1v) is 9.60. The van der Waals surface area contributed by atoms with Crippen LogP contribution in [-0.2, 0) is 9.59 Å². The van der Waals surface area contributed by atoms with Gasteiger partial charge >= 0.3 is 5.97 Å². The number of amides is 1. The van der Waals surface area contributed by atoms with Crippen molar-refractivity contribution in [3.63, 3.8) is 0 Å². The van der Waals surface area contributed by atoms with Gasteiger partial charge in [-0.3, -0.25) is 9.59 Å². The first-order chi connectivity index (χ1) is 12.5. The number of hydrogen-bond acceptors (Lipinski definition) is 5. The number of benzene rings is 1. The number of nitrogens with two attached hydrogens (primary N) is 1. The third kappa shape index (κ3) is 6.24. The minimum absolute atomic E-state index is 0.0851. The van der Waals surface area contributed by atoms with Crippen molar-refractivity contribution in [3.05, 3.63) is 41.0 Å². The minimum Gasteiger partial charge on any atom is -0.481 e. The number of hydrogen-bond donors (Lipinski definition) is 3. The number of aryl methyl sites for hydroxylation is 1. The maximum atomic E-state index is 12.0. The molecular formula is C19H25N3O3S. The van der Waals surface area contributed by atoms with Crippen molar-refractivity contribution in [1.29, 1.82) is 0 Å². The average Bonchev–Trinajstić information content (AvgIpc) is 3.04. The van der Waals surface area contributed by atoms with E-state index >= 15 is 0 Å². The molecule has 1 aromatic carbocycles. The summed E-state index contributed by atoms with van der Waals surface area (Å²) in [5.41, 5.74) is 11.0. The Morgan fingerprint density at radius 1 is 1.23 bits per heavy atom. The van der Waals surface area contributed by atoms with Crippen LogP contribution in [-0.4, -0.2) is 28.5 Å². The maximum absolute atomic E-state index is 12.0. The van der Waals surface area contributed by atoms with Gasteiger partial charge in [0.25, 0.3) is 0 Å². The van der Waals surface area contributed by atoms with Gasteiger partial charge < -0.3 is 16.2 Å². The van der Waals surface area contributed by atoms with E-state index in [1.54, 1.807) is 11.3 Å². The highest BCUT2D eigenvalue weighted by Gasteiger charge is 2.12. The largest absolute Gasteiger partial charge is 0.481 e. The summed E-state index contributed by atoms with van der Waals surface area (Å²) in [6.07, 6.45) is 2.61. The summed E-state index contributed by atoms with van der Waals surface area (Å²) < 4.78 is 0. The number of carbonyl (C=O) groups excluding carboxylic acids is 1. The molecule has 6 nitrogen and oxygen atoms in total. The highest BCUT2D eigenvalue weighted by atomic mass is 32.1. The smallest absolute Gasteiger partial charge is 0.303 e. The number of carboxylic acids is 1. The van der Waals surface area contributed by atoms with Crippen LogP contribution in [0.2, 0.25) is 0 Å². The molecule has 0 unspecified atom stereocenters. The number of thiazole rings is 1. The van der Waals surface area contributed by atoms with Crippen LogP contribution in [0, 0.1) is 6.92 Å². The molecule has 1 amide bonds. The van der Waals surface area contributed by atoms with Crippen molar-refractivity contribution < 1.29 is 14.7 Å². The van der Waals surface area contributed by atoms with Crippen molar-refractivity contribution in [2.24, 2.45) is 5.73 Å². The highest BCUT2D eigenvalue weighted by Crippen LogP contribution is 2.28. The second-order valence-corrected chi connectivity index (χ2v) is 7.11. The second kappa shape index (κ2) is 10.0. The quantitative estimate of drug-likeness (QED) is 0.553. The van der Waals surface area contributed by atoms with Crippen molar-refractivity contribution in [3.8, 4) is 10.4 Å². The van der Waals surface area contributed by atoms with Gasteiger partial charge in [-0.2, -0.15) is 0 Å². The van der Waals surface area contributed by atoms with Crippen LogP contribution in [0.5, 0.6) is 0 Å². The van der Waals surface area contributed by atoms with E-state index < -0.39 is 5.97 Å². The highest BCUT2D eigenvalue weighted by molar-refractivity contribution is 7.13. The molecule has 0 fully saturated rings. The Labute approximate surface area is 157 Å². The summed E-state index contributed by atoms with van der Waals surface area (Å²) in [5, 5.41) is 11.4. The summed E-state index contributed by atoms with van der Waals surface area (Å²) in [4.78, 5) is 27.8. The number of unbranched alkanes of at least 4 members (excludes halogenated alkanes) is 2. The Morgan fingerprint density at radius 2 is 1.96 bits per heavy atom. The van der Waals surface area contributed by atoms with Gasteiger partial charge in [-0.05, 0) is 30.9 Å². The van der Waals surface area contributed by atoms with Gasteiger partial charge in [-0.25, -0.2) is 4.98 Å². The van der Waals surface area contributed by atoms with Crippen LogP contribution in [0.3, 0.4) is 0 Å². The summed E-state index contributed by atoms with van der Waals surface area (Å²) in [6.45, 7) is 2.53. The number of rotatable bonds is 10. The molecule has 0 saturated carbocycles. The van der Waals surface area contributed by atoms with Crippen LogP contribution in [0.1, 0.15) is 49.4 Å². The molecule has 0 spiro atoms. The van der Waals surface area contributed by atoms with Crippen LogP contribution < -0.4 is 11.1 Å². The van der Waals surface area contributed by atoms with Crippen molar-refractivity contribution >= 4 is 23.2 Å². The number of nitrogens with one attached hydrogen (secondary N) is 1. The van der Waals surface area contributed by atoms with Crippen molar-refractivity contribution in [2.75, 3.05) is 6.54 Å². The second-order valence-electron chi connectivity index (χ2n) is 6.25. The van der Waals surface area contributed by atoms with Crippen LogP contribution in [0.15, 0.2) is 29.8 Å². The molecule has 1 heterocycles. The van der Waals surface area contributed by atoms with E-state index in [-0.39, 0.29) is 24.8 Å². The molecule has 0 saturated heterocycles. The molecule has 0 aliphatic heterocycles. The zero-order valence-electron chi connectivity index (χ0n) is 14.9. The SMILES string of the molecule is Cc1ncsc1-c1ccc([C@@H](N)CC(=O)NCCCCCC(=O)O)cc1. The van der Waals surface area contributed by atoms with E-state index in [0.29, 0.717) is 13.0 Å². The van der Waals surface area contributed by atoms with Gasteiger partial charge in [0.05, 0.1) is 16.1 Å². The van der Waals surface area contributed by atoms with E-state index in [2.05, 4.69) is 10.3 Å². The molecule has 0 radical (unpaired) electrons. The van der Waals surface area contributed by atoms with Crippen LogP contribution in [0.4, 0.5) is 0 Å². The molecule has 26 heavy (non-hydrogen) atoms. The normalized spacial score (nSPS) is 11.9. The number of nitrogens with zero attached hydrogens (tertiary/aromatic N) is 1. The van der Waals surface area contributed by atoms with Gasteiger partial charge in [0.15, 0.2) is 0 Å². The zero-order chi connectivity index (χ0) is 18.9. The van der Waals surface area contributed by atoms with E-state index in [9.17, 15) is 9.59 Å². The zero-order valence-corrected chi connectivity index (χ0v) is 15.7. The molecule has 1 atom stereocenters. The fourth-order valence-electron chi connectivity index (χ4n) is 2.66. The summed E-state index contributed by atoms with van der Waals surface area (Å²) in [5.74, 6) is -0.866. The molecule has 140 valence electrons. The Bertz CT molecular complexity index is 728. The molecule has 2 aromatic rings.